The van der Waals surface area contributed by atoms with Crippen LogP contribution in [0.5, 0.6) is 0 Å². The second kappa shape index (κ2) is 17.4. The van der Waals surface area contributed by atoms with Gasteiger partial charge in [-0.25, -0.2) is 4.39 Å². The fourth-order valence-electron chi connectivity index (χ4n) is 6.70. The SMILES string of the molecule is Cc1ccccc1-c1cc(-c2ccc(F)cc2)c(C#CCO[P+](=O)C[C@H](CC(=O)O)O[Si](c2ccccc2)(c2ccccc2)C(C)(C)C)c(C(C)C)n1. The number of carboxylic acid groups (broad SMARTS) is 1. The summed E-state index contributed by atoms with van der Waals surface area (Å²) >= 11 is 0. The molecule has 2 atom stereocenters. The monoisotopic (exact) mass is 746 g/mol. The van der Waals surface area contributed by atoms with E-state index in [9.17, 15) is 18.9 Å². The van der Waals surface area contributed by atoms with Crippen LogP contribution in [0.2, 0.25) is 5.04 Å². The van der Waals surface area contributed by atoms with Crippen LogP contribution in [-0.4, -0.2) is 43.2 Å². The Balaban J connectivity index is 1.44. The summed E-state index contributed by atoms with van der Waals surface area (Å²) in [6.07, 6.45) is -1.33. The third-order valence-electron chi connectivity index (χ3n) is 9.18. The van der Waals surface area contributed by atoms with Gasteiger partial charge in [-0.1, -0.05) is 144 Å². The molecule has 0 radical (unpaired) electrons. The maximum atomic E-state index is 14.0. The van der Waals surface area contributed by atoms with E-state index in [-0.39, 0.29) is 30.9 Å². The molecule has 0 aliphatic heterocycles. The summed E-state index contributed by atoms with van der Waals surface area (Å²) < 4.78 is 40.3. The van der Waals surface area contributed by atoms with E-state index in [0.29, 0.717) is 5.56 Å². The summed E-state index contributed by atoms with van der Waals surface area (Å²) in [7, 11) is -5.47. The van der Waals surface area contributed by atoms with Crippen LogP contribution < -0.4 is 10.4 Å². The predicted octanol–water partition coefficient (Wildman–Crippen LogP) is 9.52. The van der Waals surface area contributed by atoms with Gasteiger partial charge in [0.2, 0.25) is 6.16 Å². The maximum Gasteiger partial charge on any atom is 0.511 e. The zero-order valence-electron chi connectivity index (χ0n) is 31.1. The molecular weight excluding hydrogens is 701 g/mol. The molecule has 272 valence electrons. The average Bonchev–Trinajstić information content (AvgIpc) is 3.12. The van der Waals surface area contributed by atoms with Gasteiger partial charge in [0, 0.05) is 11.1 Å². The van der Waals surface area contributed by atoms with Crippen molar-refractivity contribution in [3.8, 4) is 34.2 Å². The van der Waals surface area contributed by atoms with Crippen LogP contribution in [0, 0.1) is 24.6 Å². The Labute approximate surface area is 314 Å². The van der Waals surface area contributed by atoms with E-state index in [2.05, 4.69) is 32.6 Å². The number of nitrogens with zero attached hydrogens (tertiary/aromatic N) is 1. The predicted molar refractivity (Wildman–Crippen MR) is 214 cm³/mol. The molecule has 0 saturated carbocycles. The first kappa shape index (κ1) is 39.4. The summed E-state index contributed by atoms with van der Waals surface area (Å²) in [5.74, 6) is 4.90. The van der Waals surface area contributed by atoms with Crippen LogP contribution >= 0.6 is 8.03 Å². The van der Waals surface area contributed by atoms with Crippen LogP contribution in [0.3, 0.4) is 0 Å². The van der Waals surface area contributed by atoms with Gasteiger partial charge in [0.05, 0.1) is 23.4 Å². The van der Waals surface area contributed by atoms with Crippen molar-refractivity contribution in [1.29, 1.82) is 0 Å². The molecule has 1 heterocycles. The van der Waals surface area contributed by atoms with Gasteiger partial charge in [-0.15, -0.1) is 4.52 Å². The fourth-order valence-corrected chi connectivity index (χ4v) is 12.4. The van der Waals surface area contributed by atoms with Gasteiger partial charge < -0.3 is 9.53 Å². The molecule has 6 nitrogen and oxygen atoms in total. The Morgan fingerprint density at radius 3 is 2.02 bits per heavy atom. The number of hydrogen-bond donors (Lipinski definition) is 1. The Morgan fingerprint density at radius 1 is 0.887 bits per heavy atom. The van der Waals surface area contributed by atoms with Gasteiger partial charge in [0.1, 0.15) is 11.9 Å². The summed E-state index contributed by atoms with van der Waals surface area (Å²) in [5, 5.41) is 11.5. The highest BCUT2D eigenvalue weighted by Gasteiger charge is 2.52. The van der Waals surface area contributed by atoms with Gasteiger partial charge >= 0.3 is 14.0 Å². The van der Waals surface area contributed by atoms with Crippen LogP contribution in [0.15, 0.2) is 115 Å². The van der Waals surface area contributed by atoms with Crippen molar-refractivity contribution in [3.05, 3.63) is 138 Å². The minimum Gasteiger partial charge on any atom is -0.481 e. The zero-order chi connectivity index (χ0) is 38.2. The molecule has 0 aliphatic carbocycles. The molecule has 0 spiro atoms. The largest absolute Gasteiger partial charge is 0.511 e. The van der Waals surface area contributed by atoms with Crippen LogP contribution in [0.4, 0.5) is 4.39 Å². The fraction of sp³-hybridized carbons (Fsp3) is 0.273. The second-order valence-electron chi connectivity index (χ2n) is 14.4. The minimum atomic E-state index is -3.13. The highest BCUT2D eigenvalue weighted by molar-refractivity contribution is 7.39. The van der Waals surface area contributed by atoms with Gasteiger partial charge in [-0.3, -0.25) is 9.78 Å². The average molecular weight is 747 g/mol. The number of benzene rings is 4. The normalized spacial score (nSPS) is 12.6. The molecule has 0 fully saturated rings. The van der Waals surface area contributed by atoms with E-state index >= 15 is 0 Å². The number of aromatic nitrogens is 1. The quantitative estimate of drug-likeness (QED) is 0.0734. The molecule has 1 aromatic heterocycles. The molecule has 0 amide bonds. The second-order valence-corrected chi connectivity index (χ2v) is 19.9. The number of pyridine rings is 1. The van der Waals surface area contributed by atoms with Crippen LogP contribution in [0.1, 0.15) is 63.8 Å². The summed E-state index contributed by atoms with van der Waals surface area (Å²) in [6, 6.07) is 36.1. The third kappa shape index (κ3) is 9.43. The van der Waals surface area contributed by atoms with Crippen LogP contribution in [-0.2, 0) is 18.3 Å². The lowest BCUT2D eigenvalue weighted by molar-refractivity contribution is -0.138. The number of rotatable bonds is 13. The first-order valence-corrected chi connectivity index (χ1v) is 21.0. The van der Waals surface area contributed by atoms with Gasteiger partial charge in [0.15, 0.2) is 6.61 Å². The van der Waals surface area contributed by atoms with E-state index in [1.807, 2.05) is 112 Å². The number of hydrogen-bond acceptors (Lipinski definition) is 5. The Morgan fingerprint density at radius 2 is 1.47 bits per heavy atom. The Hall–Kier alpha value is -4.77. The van der Waals surface area contributed by atoms with Crippen molar-refractivity contribution in [2.45, 2.75) is 65.0 Å². The van der Waals surface area contributed by atoms with E-state index in [1.54, 1.807) is 12.1 Å². The molecular formula is C44H46FNO5PSi+. The van der Waals surface area contributed by atoms with E-state index in [0.717, 1.165) is 44.0 Å². The number of halogens is 1. The van der Waals surface area contributed by atoms with Gasteiger partial charge in [-0.05, 0) is 62.1 Å². The van der Waals surface area contributed by atoms with E-state index in [4.69, 9.17) is 13.9 Å². The highest BCUT2D eigenvalue weighted by atomic mass is 31.1. The molecule has 1 N–H and O–H groups in total. The minimum absolute atomic E-state index is 0.00965. The smallest absolute Gasteiger partial charge is 0.481 e. The van der Waals surface area contributed by atoms with Crippen molar-refractivity contribution in [2.24, 2.45) is 0 Å². The first-order chi connectivity index (χ1) is 25.3. The molecule has 0 aliphatic rings. The number of aryl methyl sites for hydroxylation is 1. The maximum absolute atomic E-state index is 14.0. The van der Waals surface area contributed by atoms with Crippen molar-refractivity contribution < 1.29 is 27.8 Å². The molecule has 1 unspecified atom stereocenters. The summed E-state index contributed by atoms with van der Waals surface area (Å²) in [5.41, 5.74) is 5.92. The summed E-state index contributed by atoms with van der Waals surface area (Å²) in [6.45, 7) is 12.3. The Bertz CT molecular complexity index is 2070. The number of carbonyl (C=O) groups is 1. The highest BCUT2D eigenvalue weighted by Crippen LogP contribution is 2.39. The molecule has 5 rings (SSSR count). The molecule has 5 aromatic rings. The molecule has 53 heavy (non-hydrogen) atoms. The van der Waals surface area contributed by atoms with Crippen LogP contribution in [0.25, 0.3) is 22.4 Å². The number of aliphatic carboxylic acids is 1. The van der Waals surface area contributed by atoms with Crippen molar-refractivity contribution >= 4 is 32.7 Å². The van der Waals surface area contributed by atoms with Crippen molar-refractivity contribution in [1.82, 2.24) is 4.98 Å². The standard InChI is InChI=1S/C44H45FNO5PSi/c1-31(2)43-39(40(33-23-25-34(45)26-24-33)29-41(46-43)38-21-14-13-16-32(38)3)22-15-27-50-52(49)30-35(28-42(47)48)51-53(44(4,5)6,36-17-9-7-10-18-36)37-19-11-8-12-20-37/h7-14,16-21,23-26,29,31,35H,27-28,30H2,1-6H3/p+1/t35-/m0/s1. The van der Waals surface area contributed by atoms with Gasteiger partial charge in [-0.2, -0.15) is 0 Å². The third-order valence-corrected chi connectivity index (χ3v) is 15.4. The molecule has 4 aromatic carbocycles. The lowest BCUT2D eigenvalue weighted by Crippen LogP contribution is -2.68. The van der Waals surface area contributed by atoms with Crippen molar-refractivity contribution in [3.63, 3.8) is 0 Å². The lowest BCUT2D eigenvalue weighted by Gasteiger charge is -2.44. The molecule has 9 heteroatoms. The zero-order valence-corrected chi connectivity index (χ0v) is 33.0. The van der Waals surface area contributed by atoms with Gasteiger partial charge in [0.25, 0.3) is 8.32 Å². The molecule has 0 bridgehead atoms. The van der Waals surface area contributed by atoms with Crippen molar-refractivity contribution in [2.75, 3.05) is 12.8 Å². The Kier molecular flexibility index (Phi) is 12.9. The first-order valence-electron chi connectivity index (χ1n) is 17.7. The molecule has 0 saturated heterocycles. The summed E-state index contributed by atoms with van der Waals surface area (Å²) in [4.78, 5) is 17.2. The number of carboxylic acids is 1. The lowest BCUT2D eigenvalue weighted by atomic mass is 9.92. The topological polar surface area (TPSA) is 85.7 Å². The van der Waals surface area contributed by atoms with E-state index in [1.165, 1.54) is 12.1 Å². The van der Waals surface area contributed by atoms with E-state index < -0.39 is 33.5 Å².